The summed E-state index contributed by atoms with van der Waals surface area (Å²) in [6.45, 7) is 2.02. The lowest BCUT2D eigenvalue weighted by molar-refractivity contribution is 0.836. The number of terminal acetylenes is 1. The molecule has 2 aromatic rings. The molecule has 1 unspecified atom stereocenters. The van der Waals surface area contributed by atoms with E-state index in [-0.39, 0.29) is 6.04 Å². The van der Waals surface area contributed by atoms with Crippen LogP contribution in [0.25, 0.3) is 5.65 Å². The summed E-state index contributed by atoms with van der Waals surface area (Å²) in [4.78, 5) is 4.35. The number of halogens is 1. The molecule has 0 amide bonds. The van der Waals surface area contributed by atoms with Crippen LogP contribution >= 0.6 is 15.9 Å². The minimum absolute atomic E-state index is 0.0313. The van der Waals surface area contributed by atoms with E-state index >= 15 is 0 Å². The zero-order valence-corrected chi connectivity index (χ0v) is 10.4. The lowest BCUT2D eigenvalue weighted by Gasteiger charge is -2.06. The summed E-state index contributed by atoms with van der Waals surface area (Å²) in [6, 6.07) is 3.79. The molecule has 0 saturated heterocycles. The standard InChI is InChI=1S/C11H11BrN4/c1-3-8(4-2)13-11-14-10-9(12)6-5-7-16(10)15-11/h1,5-8H,4H2,2H3,(H,13,15). The van der Waals surface area contributed by atoms with Crippen LogP contribution in [-0.4, -0.2) is 20.6 Å². The van der Waals surface area contributed by atoms with Crippen LogP contribution < -0.4 is 5.32 Å². The Labute approximate surface area is 102 Å². The van der Waals surface area contributed by atoms with Crippen LogP contribution in [0.1, 0.15) is 13.3 Å². The molecule has 5 heteroatoms. The SMILES string of the molecule is C#CC(CC)Nc1nc2c(Br)cccn2n1. The summed E-state index contributed by atoms with van der Waals surface area (Å²) >= 11 is 3.42. The van der Waals surface area contributed by atoms with Crippen LogP contribution in [0, 0.1) is 12.3 Å². The number of fused-ring (bicyclic) bond motifs is 1. The average Bonchev–Trinajstić information content (AvgIpc) is 2.70. The number of nitrogens with one attached hydrogen (secondary N) is 1. The van der Waals surface area contributed by atoms with Gasteiger partial charge in [-0.05, 0) is 34.5 Å². The molecule has 0 radical (unpaired) electrons. The van der Waals surface area contributed by atoms with Crippen molar-refractivity contribution in [1.29, 1.82) is 0 Å². The van der Waals surface area contributed by atoms with E-state index in [1.54, 1.807) is 4.52 Å². The maximum absolute atomic E-state index is 5.37. The van der Waals surface area contributed by atoms with Gasteiger partial charge in [0.2, 0.25) is 5.95 Å². The third kappa shape index (κ3) is 2.02. The second-order valence-electron chi connectivity index (χ2n) is 3.33. The highest BCUT2D eigenvalue weighted by atomic mass is 79.9. The Morgan fingerprint density at radius 3 is 3.12 bits per heavy atom. The molecule has 0 saturated carbocycles. The molecule has 1 atom stereocenters. The summed E-state index contributed by atoms with van der Waals surface area (Å²) in [6.07, 6.45) is 8.05. The van der Waals surface area contributed by atoms with Gasteiger partial charge in [-0.3, -0.25) is 0 Å². The van der Waals surface area contributed by atoms with E-state index in [0.29, 0.717) is 5.95 Å². The summed E-state index contributed by atoms with van der Waals surface area (Å²) in [5, 5.41) is 7.37. The highest BCUT2D eigenvalue weighted by Crippen LogP contribution is 2.17. The molecule has 82 valence electrons. The first kappa shape index (κ1) is 11.0. The molecule has 0 spiro atoms. The first-order valence-corrected chi connectivity index (χ1v) is 5.77. The van der Waals surface area contributed by atoms with Gasteiger partial charge in [-0.25, -0.2) is 4.52 Å². The molecule has 0 aromatic carbocycles. The predicted octanol–water partition coefficient (Wildman–Crippen LogP) is 2.32. The Morgan fingerprint density at radius 1 is 1.69 bits per heavy atom. The second kappa shape index (κ2) is 4.54. The Kier molecular flexibility index (Phi) is 3.11. The maximum Gasteiger partial charge on any atom is 0.244 e. The van der Waals surface area contributed by atoms with Crippen molar-refractivity contribution >= 4 is 27.5 Å². The third-order valence-corrected chi connectivity index (χ3v) is 2.85. The molecule has 16 heavy (non-hydrogen) atoms. The zero-order valence-electron chi connectivity index (χ0n) is 8.81. The van der Waals surface area contributed by atoms with Crippen LogP contribution in [0.4, 0.5) is 5.95 Å². The topological polar surface area (TPSA) is 42.2 Å². The highest BCUT2D eigenvalue weighted by Gasteiger charge is 2.08. The Hall–Kier alpha value is -1.54. The summed E-state index contributed by atoms with van der Waals surface area (Å²) in [7, 11) is 0. The van der Waals surface area contributed by atoms with Gasteiger partial charge in [0.05, 0.1) is 10.5 Å². The van der Waals surface area contributed by atoms with Crippen LogP contribution in [0.15, 0.2) is 22.8 Å². The van der Waals surface area contributed by atoms with Crippen molar-refractivity contribution in [3.63, 3.8) is 0 Å². The number of aromatic nitrogens is 3. The van der Waals surface area contributed by atoms with E-state index in [1.165, 1.54) is 0 Å². The van der Waals surface area contributed by atoms with Crippen molar-refractivity contribution in [1.82, 2.24) is 14.6 Å². The average molecular weight is 279 g/mol. The van der Waals surface area contributed by atoms with Gasteiger partial charge in [0.1, 0.15) is 0 Å². The molecule has 2 aromatic heterocycles. The van der Waals surface area contributed by atoms with Crippen molar-refractivity contribution in [3.05, 3.63) is 22.8 Å². The van der Waals surface area contributed by atoms with E-state index in [9.17, 15) is 0 Å². The summed E-state index contributed by atoms with van der Waals surface area (Å²) < 4.78 is 2.61. The zero-order chi connectivity index (χ0) is 11.5. The largest absolute Gasteiger partial charge is 0.339 e. The van der Waals surface area contributed by atoms with Crippen LogP contribution in [0.3, 0.4) is 0 Å². The molecule has 0 aliphatic heterocycles. The molecule has 0 fully saturated rings. The van der Waals surface area contributed by atoms with Crippen molar-refractivity contribution < 1.29 is 0 Å². The highest BCUT2D eigenvalue weighted by molar-refractivity contribution is 9.10. The van der Waals surface area contributed by atoms with E-state index in [4.69, 9.17) is 6.42 Å². The van der Waals surface area contributed by atoms with Gasteiger partial charge in [-0.1, -0.05) is 12.8 Å². The van der Waals surface area contributed by atoms with Gasteiger partial charge in [-0.15, -0.1) is 11.5 Å². The van der Waals surface area contributed by atoms with Crippen LogP contribution in [0.2, 0.25) is 0 Å². The minimum atomic E-state index is -0.0313. The number of nitrogens with zero attached hydrogens (tertiary/aromatic N) is 3. The number of rotatable bonds is 3. The number of pyridine rings is 1. The first-order valence-electron chi connectivity index (χ1n) is 4.98. The van der Waals surface area contributed by atoms with Crippen molar-refractivity contribution in [3.8, 4) is 12.3 Å². The van der Waals surface area contributed by atoms with Gasteiger partial charge in [0, 0.05) is 6.20 Å². The Morgan fingerprint density at radius 2 is 2.50 bits per heavy atom. The monoisotopic (exact) mass is 278 g/mol. The lowest BCUT2D eigenvalue weighted by atomic mass is 10.2. The van der Waals surface area contributed by atoms with Gasteiger partial charge >= 0.3 is 0 Å². The van der Waals surface area contributed by atoms with Gasteiger partial charge in [-0.2, -0.15) is 4.98 Å². The fourth-order valence-electron chi connectivity index (χ4n) is 1.35. The Bertz CT molecular complexity index is 540. The predicted molar refractivity (Wildman–Crippen MR) is 67.2 cm³/mol. The van der Waals surface area contributed by atoms with Gasteiger partial charge < -0.3 is 5.32 Å². The van der Waals surface area contributed by atoms with Crippen LogP contribution in [-0.2, 0) is 0 Å². The number of anilines is 1. The molecular formula is C11H11BrN4. The smallest absolute Gasteiger partial charge is 0.244 e. The number of hydrogen-bond donors (Lipinski definition) is 1. The molecule has 0 bridgehead atoms. The molecule has 1 N–H and O–H groups in total. The molecule has 0 aliphatic rings. The minimum Gasteiger partial charge on any atom is -0.339 e. The molecule has 0 aliphatic carbocycles. The molecule has 4 nitrogen and oxygen atoms in total. The van der Waals surface area contributed by atoms with E-state index in [0.717, 1.165) is 16.5 Å². The molecular weight excluding hydrogens is 268 g/mol. The fourth-order valence-corrected chi connectivity index (χ4v) is 1.78. The Balaban J connectivity index is 2.34. The van der Waals surface area contributed by atoms with E-state index in [1.807, 2.05) is 25.3 Å². The molecule has 2 rings (SSSR count). The second-order valence-corrected chi connectivity index (χ2v) is 4.19. The summed E-state index contributed by atoms with van der Waals surface area (Å²) in [5.74, 6) is 3.20. The summed E-state index contributed by atoms with van der Waals surface area (Å²) in [5.41, 5.74) is 0.775. The first-order chi connectivity index (χ1) is 7.74. The number of hydrogen-bond acceptors (Lipinski definition) is 3. The fraction of sp³-hybridized carbons (Fsp3) is 0.273. The lowest BCUT2D eigenvalue weighted by Crippen LogP contribution is -2.16. The van der Waals surface area contributed by atoms with Crippen molar-refractivity contribution in [2.24, 2.45) is 0 Å². The van der Waals surface area contributed by atoms with E-state index in [2.05, 4.69) is 37.2 Å². The van der Waals surface area contributed by atoms with Crippen molar-refractivity contribution in [2.45, 2.75) is 19.4 Å². The third-order valence-electron chi connectivity index (χ3n) is 2.23. The quantitative estimate of drug-likeness (QED) is 0.877. The van der Waals surface area contributed by atoms with Gasteiger partial charge in [0.15, 0.2) is 5.65 Å². The van der Waals surface area contributed by atoms with Crippen LogP contribution in [0.5, 0.6) is 0 Å². The van der Waals surface area contributed by atoms with Crippen molar-refractivity contribution in [2.75, 3.05) is 5.32 Å². The molecule has 2 heterocycles. The maximum atomic E-state index is 5.37. The van der Waals surface area contributed by atoms with Gasteiger partial charge in [0.25, 0.3) is 0 Å². The van der Waals surface area contributed by atoms with E-state index < -0.39 is 0 Å². The normalized spacial score (nSPS) is 12.3.